The zero-order valence-corrected chi connectivity index (χ0v) is 20.1. The molecule has 1 aromatic heterocycles. The Balaban J connectivity index is 1.35. The Morgan fingerprint density at radius 2 is 1.22 bits per heavy atom. The predicted octanol–water partition coefficient (Wildman–Crippen LogP) is 7.24. The average molecular weight is 445 g/mol. The lowest BCUT2D eigenvalue weighted by molar-refractivity contribution is 0.252. The van der Waals surface area contributed by atoms with Crippen LogP contribution in [0.2, 0.25) is 0 Å². The number of carbonyl (C=O) groups excluding carboxylic acids is 1. The minimum atomic E-state index is -0.245. The van der Waals surface area contributed by atoms with Crippen LogP contribution in [0.5, 0.6) is 0 Å². The molecule has 0 spiro atoms. The average Bonchev–Trinajstić information content (AvgIpc) is 3.15. The number of imidazole rings is 1. The van der Waals surface area contributed by atoms with Crippen LogP contribution >= 0.6 is 0 Å². The van der Waals surface area contributed by atoms with E-state index in [4.69, 9.17) is 0 Å². The van der Waals surface area contributed by atoms with Crippen molar-refractivity contribution in [3.8, 4) is 0 Å². The third-order valence-electron chi connectivity index (χ3n) is 6.09. The van der Waals surface area contributed by atoms with E-state index in [1.54, 1.807) is 18.2 Å². The van der Waals surface area contributed by atoms with Crippen molar-refractivity contribution >= 4 is 22.8 Å². The molecular formula is C26H44N4O2. The van der Waals surface area contributed by atoms with Crippen LogP contribution in [0.4, 0.5) is 10.5 Å². The highest BCUT2D eigenvalue weighted by Crippen LogP contribution is 2.15. The summed E-state index contributed by atoms with van der Waals surface area (Å²) in [5.41, 5.74) is 1.84. The zero-order valence-electron chi connectivity index (χ0n) is 20.1. The van der Waals surface area contributed by atoms with Gasteiger partial charge in [-0.15, -0.1) is 0 Å². The van der Waals surface area contributed by atoms with Gasteiger partial charge in [-0.2, -0.15) is 0 Å². The van der Waals surface area contributed by atoms with Crippen molar-refractivity contribution in [2.45, 2.75) is 110 Å². The monoisotopic (exact) mass is 444 g/mol. The number of nitrogens with one attached hydrogen (secondary N) is 4. The van der Waals surface area contributed by atoms with Gasteiger partial charge in [-0.25, -0.2) is 9.59 Å². The summed E-state index contributed by atoms with van der Waals surface area (Å²) in [6.07, 6.45) is 21.5. The molecule has 0 radical (unpaired) electrons. The number of anilines is 1. The van der Waals surface area contributed by atoms with Gasteiger partial charge in [0.2, 0.25) is 0 Å². The number of unbranched alkanes of at least 4 members (excludes halogenated alkanes) is 15. The first-order valence-corrected chi connectivity index (χ1v) is 13.0. The summed E-state index contributed by atoms with van der Waals surface area (Å²) in [4.78, 5) is 28.7. The summed E-state index contributed by atoms with van der Waals surface area (Å²) < 4.78 is 0. The van der Waals surface area contributed by atoms with Gasteiger partial charge >= 0.3 is 11.7 Å². The Kier molecular flexibility index (Phi) is 13.3. The van der Waals surface area contributed by atoms with Gasteiger partial charge in [0.05, 0.1) is 11.0 Å². The second-order valence-electron chi connectivity index (χ2n) is 9.02. The lowest BCUT2D eigenvalue weighted by Gasteiger charge is -2.08. The Hall–Kier alpha value is -2.24. The second-order valence-corrected chi connectivity index (χ2v) is 9.02. The minimum absolute atomic E-state index is 0.205. The van der Waals surface area contributed by atoms with Crippen molar-refractivity contribution in [1.29, 1.82) is 0 Å². The minimum Gasteiger partial charge on any atom is -0.338 e. The van der Waals surface area contributed by atoms with Crippen molar-refractivity contribution in [1.82, 2.24) is 15.3 Å². The molecular weight excluding hydrogens is 400 g/mol. The third-order valence-corrected chi connectivity index (χ3v) is 6.09. The molecule has 1 heterocycles. The molecule has 0 aliphatic heterocycles. The Labute approximate surface area is 193 Å². The van der Waals surface area contributed by atoms with Gasteiger partial charge in [0.25, 0.3) is 0 Å². The van der Waals surface area contributed by atoms with Crippen LogP contribution in [0.1, 0.15) is 110 Å². The summed E-state index contributed by atoms with van der Waals surface area (Å²) in [6, 6.07) is 5.10. The van der Waals surface area contributed by atoms with Gasteiger partial charge in [-0.3, -0.25) is 0 Å². The molecule has 2 rings (SSSR count). The summed E-state index contributed by atoms with van der Waals surface area (Å²) in [7, 11) is 0. The lowest BCUT2D eigenvalue weighted by Crippen LogP contribution is -2.29. The van der Waals surface area contributed by atoms with E-state index in [0.717, 1.165) is 18.4 Å². The molecule has 2 aromatic rings. The molecule has 32 heavy (non-hydrogen) atoms. The van der Waals surface area contributed by atoms with E-state index < -0.39 is 0 Å². The number of hydrogen-bond donors (Lipinski definition) is 4. The topological polar surface area (TPSA) is 89.8 Å². The van der Waals surface area contributed by atoms with Crippen LogP contribution < -0.4 is 16.3 Å². The van der Waals surface area contributed by atoms with Crippen LogP contribution in [0.15, 0.2) is 23.0 Å². The molecule has 1 aromatic carbocycles. The molecule has 180 valence electrons. The molecule has 0 saturated carbocycles. The summed E-state index contributed by atoms with van der Waals surface area (Å²) in [5.74, 6) is 0. The van der Waals surface area contributed by atoms with Crippen LogP contribution in [0, 0.1) is 0 Å². The van der Waals surface area contributed by atoms with Gasteiger partial charge in [0.1, 0.15) is 0 Å². The fourth-order valence-electron chi connectivity index (χ4n) is 4.16. The molecule has 0 unspecified atom stereocenters. The van der Waals surface area contributed by atoms with E-state index in [0.29, 0.717) is 17.7 Å². The molecule has 4 N–H and O–H groups in total. The quantitative estimate of drug-likeness (QED) is 0.183. The molecule has 0 bridgehead atoms. The van der Waals surface area contributed by atoms with Crippen molar-refractivity contribution < 1.29 is 4.79 Å². The third kappa shape index (κ3) is 11.4. The molecule has 0 aliphatic carbocycles. The summed E-state index contributed by atoms with van der Waals surface area (Å²) in [6.45, 7) is 2.96. The van der Waals surface area contributed by atoms with Crippen LogP contribution in [-0.4, -0.2) is 22.5 Å². The van der Waals surface area contributed by atoms with Gasteiger partial charge in [-0.05, 0) is 24.6 Å². The number of hydrogen-bond acceptors (Lipinski definition) is 2. The maximum atomic E-state index is 12.0. The van der Waals surface area contributed by atoms with Crippen molar-refractivity contribution in [3.63, 3.8) is 0 Å². The fraction of sp³-hybridized carbons (Fsp3) is 0.692. The number of benzene rings is 1. The van der Waals surface area contributed by atoms with Gasteiger partial charge < -0.3 is 20.6 Å². The molecule has 2 amide bonds. The number of fused-ring (bicyclic) bond motifs is 1. The number of carbonyl (C=O) groups is 1. The van der Waals surface area contributed by atoms with Crippen molar-refractivity contribution in [2.75, 3.05) is 11.9 Å². The van der Waals surface area contributed by atoms with Crippen LogP contribution in [-0.2, 0) is 0 Å². The van der Waals surface area contributed by atoms with E-state index in [2.05, 4.69) is 27.5 Å². The van der Waals surface area contributed by atoms with Crippen LogP contribution in [0.3, 0.4) is 0 Å². The number of aromatic nitrogens is 2. The van der Waals surface area contributed by atoms with Gasteiger partial charge in [0.15, 0.2) is 0 Å². The highest BCUT2D eigenvalue weighted by atomic mass is 16.2. The molecule has 0 atom stereocenters. The number of urea groups is 1. The Bertz CT molecular complexity index is 812. The van der Waals surface area contributed by atoms with E-state index in [-0.39, 0.29) is 11.7 Å². The van der Waals surface area contributed by atoms with Crippen LogP contribution in [0.25, 0.3) is 11.0 Å². The SMILES string of the molecule is CCCCCCCCCCCCCCCCCCNC(=O)Nc1ccc2[nH]c(=O)[nH]c2c1. The molecule has 0 fully saturated rings. The first-order chi connectivity index (χ1) is 15.7. The van der Waals surface area contributed by atoms with Crippen molar-refractivity contribution in [2.24, 2.45) is 0 Å². The highest BCUT2D eigenvalue weighted by Gasteiger charge is 2.04. The van der Waals surface area contributed by atoms with E-state index in [1.807, 2.05) is 0 Å². The number of rotatable bonds is 18. The first kappa shape index (κ1) is 26.0. The normalized spacial score (nSPS) is 11.2. The molecule has 6 heteroatoms. The second kappa shape index (κ2) is 16.4. The largest absolute Gasteiger partial charge is 0.338 e. The standard InChI is InChI=1S/C26H44N4O2/c1-2-3-4-5-6-7-8-9-10-11-12-13-14-15-16-17-20-27-25(31)28-22-18-19-23-24(21-22)30-26(32)29-23/h18-19,21H,2-17,20H2,1H3,(H2,27,28,31)(H2,29,30,32). The summed E-state index contributed by atoms with van der Waals surface area (Å²) >= 11 is 0. The van der Waals surface area contributed by atoms with E-state index in [9.17, 15) is 9.59 Å². The molecule has 0 aliphatic rings. The van der Waals surface area contributed by atoms with Gasteiger partial charge in [-0.1, -0.05) is 103 Å². The highest BCUT2D eigenvalue weighted by molar-refractivity contribution is 5.91. The Morgan fingerprint density at radius 1 is 0.719 bits per heavy atom. The number of aromatic amines is 2. The van der Waals surface area contributed by atoms with Gasteiger partial charge in [0, 0.05) is 12.2 Å². The molecule has 6 nitrogen and oxygen atoms in total. The molecule has 0 saturated heterocycles. The summed E-state index contributed by atoms with van der Waals surface area (Å²) in [5, 5.41) is 5.72. The Morgan fingerprint density at radius 3 is 1.78 bits per heavy atom. The van der Waals surface area contributed by atoms with E-state index >= 15 is 0 Å². The van der Waals surface area contributed by atoms with Crippen molar-refractivity contribution in [3.05, 3.63) is 28.7 Å². The maximum Gasteiger partial charge on any atom is 0.323 e. The maximum absolute atomic E-state index is 12.0. The number of amides is 2. The predicted molar refractivity (Wildman–Crippen MR) is 135 cm³/mol. The fourth-order valence-corrected chi connectivity index (χ4v) is 4.16. The number of H-pyrrole nitrogens is 2. The van der Waals surface area contributed by atoms with E-state index in [1.165, 1.54) is 89.9 Å². The smallest absolute Gasteiger partial charge is 0.323 e. The lowest BCUT2D eigenvalue weighted by atomic mass is 10.0. The first-order valence-electron chi connectivity index (χ1n) is 13.0. The zero-order chi connectivity index (χ0) is 22.9.